The van der Waals surface area contributed by atoms with Gasteiger partial charge in [-0.15, -0.1) is 21.5 Å². The molecule has 0 aliphatic rings. The van der Waals surface area contributed by atoms with Crippen LogP contribution in [0.2, 0.25) is 0 Å². The maximum Gasteiger partial charge on any atom is 0.203 e. The van der Waals surface area contributed by atoms with Gasteiger partial charge in [0.1, 0.15) is 6.33 Å². The van der Waals surface area contributed by atoms with Crippen molar-refractivity contribution in [3.05, 3.63) is 52.5 Å². The molecular formula is C15H13N5S. The summed E-state index contributed by atoms with van der Waals surface area (Å²) in [6, 6.07) is 10.3. The number of nitrogens with one attached hydrogen (secondary N) is 1. The van der Waals surface area contributed by atoms with Gasteiger partial charge in [-0.25, -0.2) is 4.98 Å². The number of thiophene rings is 1. The molecule has 21 heavy (non-hydrogen) atoms. The average molecular weight is 295 g/mol. The van der Waals surface area contributed by atoms with Crippen LogP contribution in [0.3, 0.4) is 0 Å². The zero-order valence-corrected chi connectivity index (χ0v) is 12.3. The molecule has 4 aromatic rings. The van der Waals surface area contributed by atoms with E-state index >= 15 is 0 Å². The molecule has 104 valence electrons. The number of aryl methyl sites for hydroxylation is 1. The normalized spacial score (nSPS) is 11.3. The van der Waals surface area contributed by atoms with Gasteiger partial charge in [-0.2, -0.15) is 0 Å². The predicted molar refractivity (Wildman–Crippen MR) is 84.7 cm³/mol. The van der Waals surface area contributed by atoms with Gasteiger partial charge >= 0.3 is 0 Å². The zero-order valence-electron chi connectivity index (χ0n) is 11.4. The standard InChI is InChI=1S/C15H13N5S/c1-10-4-5-12-13(7-10)20-9-17-19-15(20)14(18-12)16-8-11-3-2-6-21-11/h2-7,9H,8H2,1H3,(H,16,18). The van der Waals surface area contributed by atoms with Crippen LogP contribution in [0.5, 0.6) is 0 Å². The van der Waals surface area contributed by atoms with Crippen LogP contribution in [0.15, 0.2) is 42.0 Å². The van der Waals surface area contributed by atoms with Crippen LogP contribution >= 0.6 is 11.3 Å². The number of rotatable bonds is 3. The molecule has 0 saturated carbocycles. The smallest absolute Gasteiger partial charge is 0.203 e. The van der Waals surface area contributed by atoms with Crippen molar-refractivity contribution in [2.45, 2.75) is 13.5 Å². The van der Waals surface area contributed by atoms with E-state index in [1.165, 1.54) is 10.4 Å². The summed E-state index contributed by atoms with van der Waals surface area (Å²) in [5.41, 5.74) is 3.90. The third-order valence-corrected chi connectivity index (χ3v) is 4.27. The molecule has 0 saturated heterocycles. The minimum Gasteiger partial charge on any atom is -0.362 e. The highest BCUT2D eigenvalue weighted by Gasteiger charge is 2.10. The second kappa shape index (κ2) is 4.82. The fourth-order valence-corrected chi connectivity index (χ4v) is 3.01. The third-order valence-electron chi connectivity index (χ3n) is 3.39. The van der Waals surface area contributed by atoms with Gasteiger partial charge < -0.3 is 5.32 Å². The maximum absolute atomic E-state index is 4.69. The molecule has 5 nitrogen and oxygen atoms in total. The fourth-order valence-electron chi connectivity index (χ4n) is 2.37. The molecular weight excluding hydrogens is 282 g/mol. The van der Waals surface area contributed by atoms with E-state index in [0.29, 0.717) is 0 Å². The van der Waals surface area contributed by atoms with Gasteiger partial charge in [-0.3, -0.25) is 4.40 Å². The average Bonchev–Trinajstić information content (AvgIpc) is 3.16. The summed E-state index contributed by atoms with van der Waals surface area (Å²) in [5, 5.41) is 13.6. The van der Waals surface area contributed by atoms with Crippen LogP contribution in [0.1, 0.15) is 10.4 Å². The number of hydrogen-bond donors (Lipinski definition) is 1. The van der Waals surface area contributed by atoms with E-state index in [1.54, 1.807) is 17.7 Å². The first kappa shape index (κ1) is 12.3. The van der Waals surface area contributed by atoms with E-state index in [0.717, 1.165) is 29.0 Å². The molecule has 0 fully saturated rings. The van der Waals surface area contributed by atoms with E-state index in [4.69, 9.17) is 0 Å². The van der Waals surface area contributed by atoms with Crippen LogP contribution in [0, 0.1) is 6.92 Å². The Morgan fingerprint density at radius 2 is 2.24 bits per heavy atom. The molecule has 0 amide bonds. The van der Waals surface area contributed by atoms with Crippen molar-refractivity contribution in [3.8, 4) is 0 Å². The minimum absolute atomic E-state index is 0.741. The molecule has 0 unspecified atom stereocenters. The number of anilines is 1. The Morgan fingerprint density at radius 1 is 1.29 bits per heavy atom. The Hall–Kier alpha value is -2.47. The van der Waals surface area contributed by atoms with E-state index in [2.05, 4.69) is 51.0 Å². The van der Waals surface area contributed by atoms with Gasteiger partial charge in [0.05, 0.1) is 17.6 Å². The molecule has 0 atom stereocenters. The molecule has 0 bridgehead atoms. The van der Waals surface area contributed by atoms with Crippen molar-refractivity contribution < 1.29 is 0 Å². The molecule has 6 heteroatoms. The molecule has 3 heterocycles. The van der Waals surface area contributed by atoms with Gasteiger partial charge in [0.25, 0.3) is 0 Å². The van der Waals surface area contributed by atoms with Crippen LogP contribution in [-0.4, -0.2) is 19.6 Å². The quantitative estimate of drug-likeness (QED) is 0.630. The fraction of sp³-hybridized carbons (Fsp3) is 0.133. The highest BCUT2D eigenvalue weighted by atomic mass is 32.1. The summed E-state index contributed by atoms with van der Waals surface area (Å²) in [4.78, 5) is 5.95. The molecule has 0 aliphatic carbocycles. The van der Waals surface area contributed by atoms with E-state index in [-0.39, 0.29) is 0 Å². The van der Waals surface area contributed by atoms with E-state index < -0.39 is 0 Å². The number of hydrogen-bond acceptors (Lipinski definition) is 5. The van der Waals surface area contributed by atoms with Crippen molar-refractivity contribution >= 4 is 33.8 Å². The molecule has 3 aromatic heterocycles. The molecule has 0 spiro atoms. The Morgan fingerprint density at radius 3 is 3.10 bits per heavy atom. The third kappa shape index (κ3) is 2.13. The first-order valence-corrected chi connectivity index (χ1v) is 7.55. The largest absolute Gasteiger partial charge is 0.362 e. The van der Waals surface area contributed by atoms with Crippen molar-refractivity contribution in [2.75, 3.05) is 5.32 Å². The number of benzene rings is 1. The summed E-state index contributed by atoms with van der Waals surface area (Å²) in [7, 11) is 0. The summed E-state index contributed by atoms with van der Waals surface area (Å²) in [6.07, 6.45) is 1.73. The summed E-state index contributed by atoms with van der Waals surface area (Å²) in [6.45, 7) is 2.81. The molecule has 0 radical (unpaired) electrons. The van der Waals surface area contributed by atoms with Crippen molar-refractivity contribution in [2.24, 2.45) is 0 Å². The first-order valence-electron chi connectivity index (χ1n) is 6.67. The Balaban J connectivity index is 1.83. The number of aromatic nitrogens is 4. The molecule has 4 rings (SSSR count). The summed E-state index contributed by atoms with van der Waals surface area (Å²) in [5.74, 6) is 0.761. The Bertz CT molecular complexity index is 911. The lowest BCUT2D eigenvalue weighted by molar-refractivity contribution is 1.10. The van der Waals surface area contributed by atoms with Gasteiger partial charge in [-0.05, 0) is 36.1 Å². The topological polar surface area (TPSA) is 55.1 Å². The van der Waals surface area contributed by atoms with E-state index in [1.807, 2.05) is 16.5 Å². The van der Waals surface area contributed by atoms with Crippen LogP contribution in [0.4, 0.5) is 5.82 Å². The van der Waals surface area contributed by atoms with Crippen molar-refractivity contribution in [3.63, 3.8) is 0 Å². The number of fused-ring (bicyclic) bond motifs is 3. The monoisotopic (exact) mass is 295 g/mol. The Kier molecular flexibility index (Phi) is 2.82. The predicted octanol–water partition coefficient (Wildman–Crippen LogP) is 3.26. The van der Waals surface area contributed by atoms with Crippen LogP contribution in [0.25, 0.3) is 16.7 Å². The van der Waals surface area contributed by atoms with Crippen molar-refractivity contribution in [1.29, 1.82) is 0 Å². The second-order valence-electron chi connectivity index (χ2n) is 4.91. The van der Waals surface area contributed by atoms with Gasteiger partial charge in [0.15, 0.2) is 5.82 Å². The summed E-state index contributed by atoms with van der Waals surface area (Å²) < 4.78 is 1.98. The lowest BCUT2D eigenvalue weighted by Gasteiger charge is -2.08. The SMILES string of the molecule is Cc1ccc2nc(NCc3cccs3)c3nncn3c2c1. The second-order valence-corrected chi connectivity index (χ2v) is 5.94. The Labute approximate surface area is 125 Å². The van der Waals surface area contributed by atoms with E-state index in [9.17, 15) is 0 Å². The zero-order chi connectivity index (χ0) is 14.2. The van der Waals surface area contributed by atoms with Gasteiger partial charge in [0.2, 0.25) is 5.65 Å². The maximum atomic E-state index is 4.69. The first-order chi connectivity index (χ1) is 10.3. The molecule has 1 N–H and O–H groups in total. The van der Waals surface area contributed by atoms with Crippen LogP contribution in [-0.2, 0) is 6.54 Å². The lowest BCUT2D eigenvalue weighted by Crippen LogP contribution is -2.04. The molecule has 1 aromatic carbocycles. The highest BCUT2D eigenvalue weighted by molar-refractivity contribution is 7.09. The van der Waals surface area contributed by atoms with Gasteiger partial charge in [0, 0.05) is 4.88 Å². The van der Waals surface area contributed by atoms with Crippen molar-refractivity contribution in [1.82, 2.24) is 19.6 Å². The lowest BCUT2D eigenvalue weighted by atomic mass is 10.2. The number of nitrogens with zero attached hydrogens (tertiary/aromatic N) is 4. The molecule has 0 aliphatic heterocycles. The van der Waals surface area contributed by atoms with Crippen LogP contribution < -0.4 is 5.32 Å². The highest BCUT2D eigenvalue weighted by Crippen LogP contribution is 2.21. The summed E-state index contributed by atoms with van der Waals surface area (Å²) >= 11 is 1.72. The minimum atomic E-state index is 0.741. The van der Waals surface area contributed by atoms with Gasteiger partial charge in [-0.1, -0.05) is 12.1 Å².